The van der Waals surface area contributed by atoms with Gasteiger partial charge in [-0.1, -0.05) is 12.1 Å². The molecular weight excluding hydrogens is 485 g/mol. The summed E-state index contributed by atoms with van der Waals surface area (Å²) in [5.74, 6) is 0.194. The number of hydrogen-bond donors (Lipinski definition) is 1. The smallest absolute Gasteiger partial charge is 0.148 e. The molecule has 0 spiro atoms. The summed E-state index contributed by atoms with van der Waals surface area (Å²) in [6, 6.07) is 24.1. The second-order valence-electron chi connectivity index (χ2n) is 6.91. The van der Waals surface area contributed by atoms with Crippen molar-refractivity contribution in [2.75, 3.05) is 14.2 Å². The lowest BCUT2D eigenvalue weighted by atomic mass is 10.2. The largest absolute Gasteiger partial charge is 0.508 e. The summed E-state index contributed by atoms with van der Waals surface area (Å²) in [4.78, 5) is 0. The van der Waals surface area contributed by atoms with Crippen molar-refractivity contribution in [1.29, 1.82) is 10.5 Å². The SMILES string of the molecule is COc1ccc(O)cc1.COc1ccc(Oc2cccc(F)c2C#N)cc1.N#Cc1c(F)cccc1F. The lowest BCUT2D eigenvalue weighted by Crippen LogP contribution is -1.91. The van der Waals surface area contributed by atoms with E-state index in [-0.39, 0.29) is 17.1 Å². The molecule has 6 nitrogen and oxygen atoms in total. The van der Waals surface area contributed by atoms with Crippen molar-refractivity contribution in [3.63, 3.8) is 0 Å². The lowest BCUT2D eigenvalue weighted by Gasteiger charge is -2.08. The topological polar surface area (TPSA) is 95.5 Å². The maximum atomic E-state index is 13.3. The van der Waals surface area contributed by atoms with E-state index in [2.05, 4.69) is 0 Å². The highest BCUT2D eigenvalue weighted by atomic mass is 19.1. The van der Waals surface area contributed by atoms with Gasteiger partial charge in [-0.2, -0.15) is 10.5 Å². The van der Waals surface area contributed by atoms with E-state index in [1.165, 1.54) is 24.3 Å². The van der Waals surface area contributed by atoms with Crippen molar-refractivity contribution < 1.29 is 32.5 Å². The van der Waals surface area contributed by atoms with Crippen LogP contribution in [0.15, 0.2) is 84.9 Å². The van der Waals surface area contributed by atoms with Gasteiger partial charge in [0.1, 0.15) is 69.5 Å². The van der Waals surface area contributed by atoms with Gasteiger partial charge in [0.15, 0.2) is 0 Å². The summed E-state index contributed by atoms with van der Waals surface area (Å²) < 4.78 is 53.5. The van der Waals surface area contributed by atoms with Gasteiger partial charge in [-0.05, 0) is 72.8 Å². The highest BCUT2D eigenvalue weighted by Crippen LogP contribution is 2.27. The molecule has 0 amide bonds. The van der Waals surface area contributed by atoms with Gasteiger partial charge in [-0.15, -0.1) is 0 Å². The number of methoxy groups -OCH3 is 2. The number of hydrogen-bond acceptors (Lipinski definition) is 6. The zero-order valence-electron chi connectivity index (χ0n) is 19.8. The third-order valence-corrected chi connectivity index (χ3v) is 4.52. The number of rotatable bonds is 4. The van der Waals surface area contributed by atoms with Crippen LogP contribution in [0.25, 0.3) is 0 Å². The molecule has 188 valence electrons. The fourth-order valence-corrected chi connectivity index (χ4v) is 2.66. The van der Waals surface area contributed by atoms with Crippen molar-refractivity contribution in [3.05, 3.63) is 114 Å². The van der Waals surface area contributed by atoms with E-state index >= 15 is 0 Å². The minimum atomic E-state index is -0.817. The number of phenols is 1. The van der Waals surface area contributed by atoms with E-state index in [0.717, 1.165) is 17.9 Å². The Morgan fingerprint density at radius 2 is 1.00 bits per heavy atom. The van der Waals surface area contributed by atoms with Crippen molar-refractivity contribution in [2.45, 2.75) is 0 Å². The summed E-state index contributed by atoms with van der Waals surface area (Å²) in [6.45, 7) is 0. The fraction of sp³-hybridized carbons (Fsp3) is 0.0714. The molecule has 0 atom stereocenters. The van der Waals surface area contributed by atoms with Crippen LogP contribution in [-0.4, -0.2) is 19.3 Å². The first-order valence-corrected chi connectivity index (χ1v) is 10.5. The first-order valence-electron chi connectivity index (χ1n) is 10.5. The Hall–Kier alpha value is -5.15. The molecule has 0 fully saturated rings. The first kappa shape index (κ1) is 28.1. The average Bonchev–Trinajstić information content (AvgIpc) is 2.91. The molecule has 1 N–H and O–H groups in total. The van der Waals surface area contributed by atoms with Gasteiger partial charge in [0.05, 0.1) is 14.2 Å². The van der Waals surface area contributed by atoms with Crippen LogP contribution < -0.4 is 14.2 Å². The van der Waals surface area contributed by atoms with Gasteiger partial charge in [-0.3, -0.25) is 0 Å². The highest BCUT2D eigenvalue weighted by molar-refractivity contribution is 5.46. The van der Waals surface area contributed by atoms with Crippen molar-refractivity contribution in [1.82, 2.24) is 0 Å². The van der Waals surface area contributed by atoms with Crippen LogP contribution in [-0.2, 0) is 0 Å². The summed E-state index contributed by atoms with van der Waals surface area (Å²) in [6.07, 6.45) is 0. The number of ether oxygens (including phenoxy) is 3. The highest BCUT2D eigenvalue weighted by Gasteiger charge is 2.09. The maximum absolute atomic E-state index is 13.3. The number of halogens is 3. The lowest BCUT2D eigenvalue weighted by molar-refractivity contribution is 0.412. The average molecular weight is 506 g/mol. The van der Waals surface area contributed by atoms with Crippen molar-refractivity contribution in [3.8, 4) is 40.9 Å². The Bertz CT molecular complexity index is 1360. The molecule has 9 heteroatoms. The second-order valence-corrected chi connectivity index (χ2v) is 6.91. The van der Waals surface area contributed by atoms with Gasteiger partial charge in [0.2, 0.25) is 0 Å². The van der Waals surface area contributed by atoms with Gasteiger partial charge in [0.25, 0.3) is 0 Å². The molecule has 0 aromatic heterocycles. The Morgan fingerprint density at radius 1 is 0.595 bits per heavy atom. The molecule has 4 aromatic rings. The van der Waals surface area contributed by atoms with Crippen molar-refractivity contribution in [2.24, 2.45) is 0 Å². The molecule has 0 aliphatic carbocycles. The quantitative estimate of drug-likeness (QED) is 0.330. The molecule has 0 bridgehead atoms. The van der Waals surface area contributed by atoms with Crippen LogP contribution in [0.1, 0.15) is 11.1 Å². The number of nitriles is 2. The second kappa shape index (κ2) is 14.3. The van der Waals surface area contributed by atoms with Crippen LogP contribution >= 0.6 is 0 Å². The monoisotopic (exact) mass is 506 g/mol. The molecule has 0 radical (unpaired) electrons. The first-order chi connectivity index (χ1) is 17.8. The summed E-state index contributed by atoms with van der Waals surface area (Å²) in [5, 5.41) is 25.8. The predicted octanol–water partition coefficient (Wildman–Crippen LogP) is 6.74. The molecule has 4 aromatic carbocycles. The third-order valence-electron chi connectivity index (χ3n) is 4.52. The molecular formula is C28H21F3N2O4. The Balaban J connectivity index is 0.000000214. The molecule has 0 aliphatic rings. The van der Waals surface area contributed by atoms with Gasteiger partial charge < -0.3 is 19.3 Å². The molecule has 0 unspecified atom stereocenters. The maximum Gasteiger partial charge on any atom is 0.148 e. The van der Waals surface area contributed by atoms with E-state index in [1.807, 2.05) is 0 Å². The van der Waals surface area contributed by atoms with Gasteiger partial charge >= 0.3 is 0 Å². The number of benzene rings is 4. The van der Waals surface area contributed by atoms with Gasteiger partial charge in [-0.25, -0.2) is 13.2 Å². The Morgan fingerprint density at radius 3 is 1.43 bits per heavy atom. The van der Waals surface area contributed by atoms with Crippen LogP contribution in [0.5, 0.6) is 28.7 Å². The van der Waals surface area contributed by atoms with Crippen molar-refractivity contribution >= 4 is 0 Å². The molecule has 0 heterocycles. The minimum absolute atomic E-state index is 0.103. The van der Waals surface area contributed by atoms with Gasteiger partial charge in [0, 0.05) is 0 Å². The fourth-order valence-electron chi connectivity index (χ4n) is 2.66. The Kier molecular flexibility index (Phi) is 10.9. The summed E-state index contributed by atoms with van der Waals surface area (Å²) in [5.41, 5.74) is -0.629. The summed E-state index contributed by atoms with van der Waals surface area (Å²) >= 11 is 0. The number of aromatic hydroxyl groups is 1. The third kappa shape index (κ3) is 8.53. The molecule has 4 rings (SSSR count). The molecule has 0 saturated carbocycles. The van der Waals surface area contributed by atoms with E-state index in [9.17, 15) is 13.2 Å². The Labute approximate surface area is 211 Å². The number of phenolic OH excluding ortho intramolecular Hbond substituents is 1. The van der Waals surface area contributed by atoms with E-state index in [4.69, 9.17) is 29.8 Å². The minimum Gasteiger partial charge on any atom is -0.508 e. The molecule has 37 heavy (non-hydrogen) atoms. The van der Waals surface area contributed by atoms with Crippen LogP contribution in [0.4, 0.5) is 13.2 Å². The summed E-state index contributed by atoms with van der Waals surface area (Å²) in [7, 11) is 3.16. The normalized spacial score (nSPS) is 9.27. The zero-order valence-corrected chi connectivity index (χ0v) is 19.8. The number of nitrogens with zero attached hydrogens (tertiary/aromatic N) is 2. The predicted molar refractivity (Wildman–Crippen MR) is 130 cm³/mol. The standard InChI is InChI=1S/C14H10FNO2.C7H3F2N.C7H8O2/c1-17-10-5-7-11(8-6-10)18-14-4-2-3-13(15)12(14)9-16;8-6-2-1-3-7(9)5(6)4-10;1-9-7-4-2-6(8)3-5-7/h2-8H,1H3;1-3H;2-5,8H,1H3. The van der Waals surface area contributed by atoms with E-state index in [0.29, 0.717) is 11.5 Å². The van der Waals surface area contributed by atoms with Crippen LogP contribution in [0.3, 0.4) is 0 Å². The molecule has 0 saturated heterocycles. The molecule has 0 aliphatic heterocycles. The van der Waals surface area contributed by atoms with E-state index in [1.54, 1.807) is 74.9 Å². The van der Waals surface area contributed by atoms with E-state index < -0.39 is 23.0 Å². The zero-order chi connectivity index (χ0) is 27.2. The van der Waals surface area contributed by atoms with Crippen LogP contribution in [0, 0.1) is 40.1 Å². The van der Waals surface area contributed by atoms with Crippen LogP contribution in [0.2, 0.25) is 0 Å².